The van der Waals surface area contributed by atoms with Crippen LogP contribution in [-0.4, -0.2) is 47.4 Å². The van der Waals surface area contributed by atoms with Gasteiger partial charge in [0.2, 0.25) is 5.91 Å². The van der Waals surface area contributed by atoms with Crippen LogP contribution in [0.5, 0.6) is 0 Å². The molecule has 1 aliphatic rings. The molecule has 3 rings (SSSR count). The fraction of sp³-hybridized carbons (Fsp3) is 0.400. The number of halogens is 1. The van der Waals surface area contributed by atoms with E-state index < -0.39 is 5.97 Å². The number of aromatic nitrogens is 1. The van der Waals surface area contributed by atoms with Crippen molar-refractivity contribution >= 4 is 34.3 Å². The lowest BCUT2D eigenvalue weighted by molar-refractivity contribution is -0.151. The van der Waals surface area contributed by atoms with Crippen molar-refractivity contribution in [3.05, 3.63) is 46.7 Å². The molecule has 2 aromatic rings. The van der Waals surface area contributed by atoms with Gasteiger partial charge in [0.15, 0.2) is 11.7 Å². The number of esters is 1. The molecule has 1 fully saturated rings. The summed E-state index contributed by atoms with van der Waals surface area (Å²) in [6, 6.07) is 6.02. The third kappa shape index (κ3) is 5.60. The zero-order chi connectivity index (χ0) is 20.8. The Bertz CT molecular complexity index is 901. The molecule has 1 saturated heterocycles. The lowest BCUT2D eigenvalue weighted by Gasteiger charge is -2.20. The minimum atomic E-state index is -0.565. The van der Waals surface area contributed by atoms with Crippen LogP contribution in [0.15, 0.2) is 29.6 Å². The van der Waals surface area contributed by atoms with Crippen LogP contribution < -0.4 is 4.90 Å². The Balaban J connectivity index is 1.48. The van der Waals surface area contributed by atoms with E-state index in [1.807, 2.05) is 0 Å². The van der Waals surface area contributed by atoms with Crippen LogP contribution >= 0.6 is 11.3 Å². The van der Waals surface area contributed by atoms with E-state index in [9.17, 15) is 18.8 Å². The predicted molar refractivity (Wildman–Crippen MR) is 106 cm³/mol. The molecule has 2 amide bonds. The summed E-state index contributed by atoms with van der Waals surface area (Å²) in [4.78, 5) is 43.6. The molecule has 0 spiro atoms. The highest BCUT2D eigenvalue weighted by Gasteiger charge is 2.24. The van der Waals surface area contributed by atoms with Gasteiger partial charge in [-0.1, -0.05) is 12.1 Å². The van der Waals surface area contributed by atoms with Crippen molar-refractivity contribution in [1.29, 1.82) is 0 Å². The maximum Gasteiger partial charge on any atom is 0.312 e. The number of hydrogen-bond acceptors (Lipinski definition) is 6. The highest BCUT2D eigenvalue weighted by molar-refractivity contribution is 7.14. The number of amides is 2. The van der Waals surface area contributed by atoms with E-state index in [0.717, 1.165) is 6.42 Å². The van der Waals surface area contributed by atoms with Crippen LogP contribution in [0.25, 0.3) is 0 Å². The van der Waals surface area contributed by atoms with Crippen molar-refractivity contribution in [3.63, 3.8) is 0 Å². The van der Waals surface area contributed by atoms with E-state index in [1.54, 1.807) is 29.3 Å². The summed E-state index contributed by atoms with van der Waals surface area (Å²) in [5, 5.41) is 2.30. The molecule has 154 valence electrons. The summed E-state index contributed by atoms with van der Waals surface area (Å²) in [6.45, 7) is 2.71. The summed E-state index contributed by atoms with van der Waals surface area (Å²) in [6.07, 6.45) is 1.26. The highest BCUT2D eigenvalue weighted by Crippen LogP contribution is 2.25. The van der Waals surface area contributed by atoms with E-state index in [0.29, 0.717) is 35.9 Å². The molecule has 1 aromatic carbocycles. The summed E-state index contributed by atoms with van der Waals surface area (Å²) < 4.78 is 18.4. The number of nitrogens with zero attached hydrogens (tertiary/aromatic N) is 3. The number of thiazole rings is 1. The molecule has 0 bridgehead atoms. The van der Waals surface area contributed by atoms with Crippen LogP contribution in [0.3, 0.4) is 0 Å². The van der Waals surface area contributed by atoms with Crippen molar-refractivity contribution < 1.29 is 23.5 Å². The lowest BCUT2D eigenvalue weighted by Crippen LogP contribution is -2.34. The molecule has 7 nitrogen and oxygen atoms in total. The van der Waals surface area contributed by atoms with Crippen LogP contribution in [0.2, 0.25) is 0 Å². The van der Waals surface area contributed by atoms with Gasteiger partial charge < -0.3 is 9.64 Å². The first-order valence-electron chi connectivity index (χ1n) is 9.39. The second-order valence-corrected chi connectivity index (χ2v) is 7.48. The average molecular weight is 419 g/mol. The lowest BCUT2D eigenvalue weighted by atomic mass is 10.2. The van der Waals surface area contributed by atoms with Gasteiger partial charge in [0.25, 0.3) is 5.91 Å². The quantitative estimate of drug-likeness (QED) is 0.615. The zero-order valence-electron chi connectivity index (χ0n) is 16.1. The van der Waals surface area contributed by atoms with Gasteiger partial charge in [0, 0.05) is 31.4 Å². The molecule has 0 aliphatic carbocycles. The summed E-state index contributed by atoms with van der Waals surface area (Å²) in [7, 11) is 0. The maximum absolute atomic E-state index is 13.3. The van der Waals surface area contributed by atoms with E-state index in [2.05, 4.69) is 4.98 Å². The highest BCUT2D eigenvalue weighted by atomic mass is 32.1. The Labute approximate surface area is 172 Å². The minimum Gasteiger partial charge on any atom is -0.455 e. The molecule has 0 saturated carbocycles. The number of anilines is 1. The molecule has 2 heterocycles. The largest absolute Gasteiger partial charge is 0.455 e. The number of carbonyl (C=O) groups is 3. The van der Waals surface area contributed by atoms with Gasteiger partial charge in [-0.15, -0.1) is 11.3 Å². The number of benzene rings is 1. The van der Waals surface area contributed by atoms with E-state index >= 15 is 0 Å². The Hall–Kier alpha value is -2.81. The van der Waals surface area contributed by atoms with Crippen molar-refractivity contribution in [3.8, 4) is 0 Å². The molecular weight excluding hydrogens is 397 g/mol. The van der Waals surface area contributed by atoms with Gasteiger partial charge in [-0.25, -0.2) is 9.37 Å². The smallest absolute Gasteiger partial charge is 0.312 e. The first-order chi connectivity index (χ1) is 14.0. The fourth-order valence-corrected chi connectivity index (χ4v) is 3.88. The molecule has 29 heavy (non-hydrogen) atoms. The SMILES string of the molecule is CCN(Cc1cccc(F)c1)C(=O)COC(=O)Cc1csc(N2CCCC2=O)n1. The van der Waals surface area contributed by atoms with Gasteiger partial charge >= 0.3 is 5.97 Å². The van der Waals surface area contributed by atoms with Crippen molar-refractivity contribution in [2.75, 3.05) is 24.6 Å². The number of hydrogen-bond donors (Lipinski definition) is 0. The standard InChI is InChI=1S/C20H22FN3O4S/c1-2-23(11-14-5-3-6-15(21)9-14)18(26)12-28-19(27)10-16-13-29-20(22-16)24-8-4-7-17(24)25/h3,5-6,9,13H,2,4,7-8,10-12H2,1H3. The molecule has 9 heteroatoms. The second kappa shape index (κ2) is 9.60. The number of carbonyl (C=O) groups excluding carboxylic acids is 3. The molecule has 1 aromatic heterocycles. The first-order valence-corrected chi connectivity index (χ1v) is 10.3. The van der Waals surface area contributed by atoms with Crippen LogP contribution in [0.1, 0.15) is 31.0 Å². The van der Waals surface area contributed by atoms with Crippen molar-refractivity contribution in [2.45, 2.75) is 32.7 Å². The summed E-state index contributed by atoms with van der Waals surface area (Å²) >= 11 is 1.31. The number of likely N-dealkylation sites (N-methyl/N-ethyl adjacent to an activating group) is 1. The van der Waals surface area contributed by atoms with Gasteiger partial charge in [-0.3, -0.25) is 19.3 Å². The number of ether oxygens (including phenoxy) is 1. The Morgan fingerprint density at radius 2 is 2.21 bits per heavy atom. The normalized spacial score (nSPS) is 13.6. The predicted octanol–water partition coefficient (Wildman–Crippen LogP) is 2.54. The zero-order valence-corrected chi connectivity index (χ0v) is 16.9. The van der Waals surface area contributed by atoms with E-state index in [-0.39, 0.29) is 37.2 Å². The summed E-state index contributed by atoms with van der Waals surface area (Å²) in [5.41, 5.74) is 1.17. The Kier molecular flexibility index (Phi) is 6.92. The maximum atomic E-state index is 13.3. The Morgan fingerprint density at radius 1 is 1.38 bits per heavy atom. The topological polar surface area (TPSA) is 79.8 Å². The fourth-order valence-electron chi connectivity index (χ4n) is 3.02. The Morgan fingerprint density at radius 3 is 2.90 bits per heavy atom. The van der Waals surface area contributed by atoms with Crippen molar-refractivity contribution in [1.82, 2.24) is 9.88 Å². The van der Waals surface area contributed by atoms with Crippen LogP contribution in [0, 0.1) is 5.82 Å². The minimum absolute atomic E-state index is 0.0389. The molecular formula is C20H22FN3O4S. The third-order valence-corrected chi connectivity index (χ3v) is 5.44. The molecule has 0 atom stereocenters. The average Bonchev–Trinajstić information content (AvgIpc) is 3.32. The van der Waals surface area contributed by atoms with Crippen molar-refractivity contribution in [2.24, 2.45) is 0 Å². The van der Waals surface area contributed by atoms with Crippen LogP contribution in [-0.2, 0) is 32.1 Å². The van der Waals surface area contributed by atoms with Gasteiger partial charge in [0.1, 0.15) is 5.82 Å². The molecule has 0 N–H and O–H groups in total. The van der Waals surface area contributed by atoms with Crippen LogP contribution in [0.4, 0.5) is 9.52 Å². The van der Waals surface area contributed by atoms with Gasteiger partial charge in [-0.2, -0.15) is 0 Å². The monoisotopic (exact) mass is 419 g/mol. The van der Waals surface area contributed by atoms with E-state index in [4.69, 9.17) is 4.74 Å². The first kappa shape index (κ1) is 20.9. The second-order valence-electron chi connectivity index (χ2n) is 6.65. The van der Waals surface area contributed by atoms with Gasteiger partial charge in [0.05, 0.1) is 12.1 Å². The number of rotatable bonds is 8. The molecule has 0 unspecified atom stereocenters. The third-order valence-electron chi connectivity index (χ3n) is 4.52. The summed E-state index contributed by atoms with van der Waals surface area (Å²) in [5.74, 6) is -1.25. The van der Waals surface area contributed by atoms with Gasteiger partial charge in [-0.05, 0) is 31.0 Å². The van der Waals surface area contributed by atoms with E-state index in [1.165, 1.54) is 28.4 Å². The molecule has 0 radical (unpaired) electrons. The molecule has 1 aliphatic heterocycles.